The lowest BCUT2D eigenvalue weighted by Gasteiger charge is -1.95. The van der Waals surface area contributed by atoms with E-state index in [1.165, 1.54) is 25.4 Å². The Morgan fingerprint density at radius 3 is 2.70 bits per heavy atom. The lowest BCUT2D eigenvalue weighted by molar-refractivity contribution is 0.0591. The van der Waals surface area contributed by atoms with E-state index in [2.05, 4.69) is 14.8 Å². The molecule has 0 atom stereocenters. The van der Waals surface area contributed by atoms with Crippen LogP contribution in [0.15, 0.2) is 6.20 Å². The van der Waals surface area contributed by atoms with Crippen LogP contribution in [0.25, 0.3) is 10.6 Å². The first-order valence-corrected chi connectivity index (χ1v) is 6.92. The van der Waals surface area contributed by atoms with Crippen LogP contribution >= 0.6 is 11.3 Å². The van der Waals surface area contributed by atoms with Crippen molar-refractivity contribution in [1.29, 1.82) is 0 Å². The van der Waals surface area contributed by atoms with Crippen LogP contribution in [0.2, 0.25) is 0 Å². The van der Waals surface area contributed by atoms with Gasteiger partial charge in [0.05, 0.1) is 18.4 Å². The van der Waals surface area contributed by atoms with Crippen LogP contribution in [-0.2, 0) is 18.2 Å². The van der Waals surface area contributed by atoms with Crippen molar-refractivity contribution in [3.05, 3.63) is 22.5 Å². The Morgan fingerprint density at radius 1 is 1.45 bits per heavy atom. The molecule has 0 spiro atoms. The Bertz CT molecular complexity index is 672. The van der Waals surface area contributed by atoms with E-state index in [4.69, 9.17) is 0 Å². The third kappa shape index (κ3) is 2.49. The van der Waals surface area contributed by atoms with Crippen molar-refractivity contribution < 1.29 is 14.3 Å². The Hall–Kier alpha value is -2.02. The molecule has 0 unspecified atom stereocenters. The molecule has 2 heterocycles. The highest BCUT2D eigenvalue weighted by atomic mass is 32.1. The second-order valence-electron chi connectivity index (χ2n) is 4.26. The maximum absolute atomic E-state index is 11.7. The van der Waals surface area contributed by atoms with Gasteiger partial charge in [-0.3, -0.25) is 9.48 Å². The Balaban J connectivity index is 2.58. The van der Waals surface area contributed by atoms with Crippen LogP contribution in [-0.4, -0.2) is 33.6 Å². The normalized spacial score (nSPS) is 10.6. The van der Waals surface area contributed by atoms with Crippen molar-refractivity contribution in [2.24, 2.45) is 7.05 Å². The zero-order chi connectivity index (χ0) is 14.9. The number of ketones is 1. The van der Waals surface area contributed by atoms with Crippen molar-refractivity contribution in [3.8, 4) is 10.6 Å². The minimum Gasteiger partial charge on any atom is -0.464 e. The van der Waals surface area contributed by atoms with E-state index in [0.717, 1.165) is 17.7 Å². The molecular formula is C13H15N3O3S. The maximum atomic E-state index is 11.7. The summed E-state index contributed by atoms with van der Waals surface area (Å²) in [6.07, 6.45) is 2.58. The van der Waals surface area contributed by atoms with Crippen molar-refractivity contribution in [2.45, 2.75) is 20.3 Å². The van der Waals surface area contributed by atoms with Gasteiger partial charge in [-0.05, 0) is 6.42 Å². The number of nitrogens with zero attached hydrogens (tertiary/aromatic N) is 3. The zero-order valence-electron chi connectivity index (χ0n) is 11.8. The minimum atomic E-state index is -0.598. The van der Waals surface area contributed by atoms with E-state index in [9.17, 15) is 9.59 Å². The van der Waals surface area contributed by atoms with Crippen LogP contribution < -0.4 is 0 Å². The summed E-state index contributed by atoms with van der Waals surface area (Å²) in [5, 5.41) is 4.95. The average molecular weight is 293 g/mol. The molecule has 6 nitrogen and oxygen atoms in total. The average Bonchev–Trinajstić information content (AvgIpc) is 3.00. The number of aryl methyl sites for hydroxylation is 2. The predicted molar refractivity (Wildman–Crippen MR) is 75.0 cm³/mol. The fourth-order valence-electron chi connectivity index (χ4n) is 1.88. The van der Waals surface area contributed by atoms with E-state index >= 15 is 0 Å². The Labute approximate surface area is 120 Å². The monoisotopic (exact) mass is 293 g/mol. The lowest BCUT2D eigenvalue weighted by Crippen LogP contribution is -2.06. The molecule has 0 saturated heterocycles. The summed E-state index contributed by atoms with van der Waals surface area (Å²) in [5.74, 6) is -0.796. The molecule has 0 fully saturated rings. The number of hydrogen-bond acceptors (Lipinski definition) is 6. The van der Waals surface area contributed by atoms with Gasteiger partial charge in [-0.2, -0.15) is 5.10 Å². The van der Waals surface area contributed by atoms with Gasteiger partial charge >= 0.3 is 5.97 Å². The summed E-state index contributed by atoms with van der Waals surface area (Å²) >= 11 is 1.19. The number of carbonyl (C=O) groups is 2. The molecule has 0 N–H and O–H groups in total. The van der Waals surface area contributed by atoms with Crippen molar-refractivity contribution in [2.75, 3.05) is 7.11 Å². The van der Waals surface area contributed by atoms with Gasteiger partial charge in [0, 0.05) is 20.2 Å². The topological polar surface area (TPSA) is 74.1 Å². The molecule has 106 valence electrons. The zero-order valence-corrected chi connectivity index (χ0v) is 12.6. The number of esters is 1. The molecule has 0 amide bonds. The fraction of sp³-hybridized carbons (Fsp3) is 0.385. The third-order valence-electron chi connectivity index (χ3n) is 2.80. The van der Waals surface area contributed by atoms with E-state index < -0.39 is 5.97 Å². The molecule has 0 aliphatic carbocycles. The maximum Gasteiger partial charge on any atom is 0.358 e. The number of methoxy groups -OCH3 is 1. The summed E-state index contributed by atoms with van der Waals surface area (Å²) in [6, 6.07) is 0. The van der Waals surface area contributed by atoms with E-state index in [1.54, 1.807) is 4.68 Å². The molecule has 2 aromatic heterocycles. The Morgan fingerprint density at radius 2 is 2.15 bits per heavy atom. The molecule has 0 saturated carbocycles. The van der Waals surface area contributed by atoms with Crippen molar-refractivity contribution in [3.63, 3.8) is 0 Å². The van der Waals surface area contributed by atoms with Gasteiger partial charge in [-0.25, -0.2) is 9.78 Å². The smallest absolute Gasteiger partial charge is 0.358 e. The lowest BCUT2D eigenvalue weighted by atomic mass is 10.2. The standard InChI is InChI=1S/C13H15N3O3S/c1-5-9-8(6-16(3)15-9)12-14-10(13(18)19-4)11(20-12)7(2)17/h6H,5H2,1-4H3. The van der Waals surface area contributed by atoms with E-state index in [1.807, 2.05) is 20.2 Å². The highest BCUT2D eigenvalue weighted by molar-refractivity contribution is 7.17. The molecular weight excluding hydrogens is 278 g/mol. The van der Waals surface area contributed by atoms with Crippen LogP contribution in [0.4, 0.5) is 0 Å². The molecule has 2 aromatic rings. The Kier molecular flexibility index (Phi) is 3.99. The van der Waals surface area contributed by atoms with E-state index in [0.29, 0.717) is 9.88 Å². The number of Topliss-reactive ketones (excluding diaryl/α,β-unsaturated/α-hetero) is 1. The summed E-state index contributed by atoms with van der Waals surface area (Å²) in [5.41, 5.74) is 1.80. The van der Waals surface area contributed by atoms with Crippen molar-refractivity contribution >= 4 is 23.1 Å². The largest absolute Gasteiger partial charge is 0.464 e. The number of aromatic nitrogens is 3. The summed E-state index contributed by atoms with van der Waals surface area (Å²) in [7, 11) is 3.09. The van der Waals surface area contributed by atoms with Gasteiger partial charge in [-0.15, -0.1) is 11.3 Å². The second kappa shape index (κ2) is 5.54. The molecule has 0 aromatic carbocycles. The van der Waals surface area contributed by atoms with Crippen LogP contribution in [0.3, 0.4) is 0 Å². The summed E-state index contributed by atoms with van der Waals surface area (Å²) in [6.45, 7) is 3.40. The molecule has 0 aliphatic heterocycles. The molecule has 0 radical (unpaired) electrons. The molecule has 0 bridgehead atoms. The predicted octanol–water partition coefficient (Wildman–Crippen LogP) is 2.10. The molecule has 20 heavy (non-hydrogen) atoms. The van der Waals surface area contributed by atoms with Gasteiger partial charge in [0.2, 0.25) is 0 Å². The number of hydrogen-bond donors (Lipinski definition) is 0. The number of rotatable bonds is 4. The van der Waals surface area contributed by atoms with Gasteiger partial charge in [0.1, 0.15) is 9.88 Å². The number of carbonyl (C=O) groups excluding carboxylic acids is 2. The summed E-state index contributed by atoms with van der Waals surface area (Å²) < 4.78 is 6.37. The first-order chi connectivity index (χ1) is 9.47. The third-order valence-corrected chi connectivity index (χ3v) is 3.99. The fourth-order valence-corrected chi connectivity index (χ4v) is 2.86. The highest BCUT2D eigenvalue weighted by Crippen LogP contribution is 2.31. The molecule has 7 heteroatoms. The van der Waals surface area contributed by atoms with E-state index in [-0.39, 0.29) is 11.5 Å². The molecule has 2 rings (SSSR count). The number of thiazole rings is 1. The molecule has 0 aliphatic rings. The SMILES string of the molecule is CCc1nn(C)cc1-c1nc(C(=O)OC)c(C(C)=O)s1. The second-order valence-corrected chi connectivity index (χ2v) is 5.26. The number of ether oxygens (including phenoxy) is 1. The summed E-state index contributed by atoms with van der Waals surface area (Å²) in [4.78, 5) is 27.9. The first-order valence-electron chi connectivity index (χ1n) is 6.10. The first kappa shape index (κ1) is 14.4. The van der Waals surface area contributed by atoms with Gasteiger partial charge in [-0.1, -0.05) is 6.92 Å². The highest BCUT2D eigenvalue weighted by Gasteiger charge is 2.24. The van der Waals surface area contributed by atoms with Gasteiger partial charge in [0.25, 0.3) is 0 Å². The minimum absolute atomic E-state index is 0.0749. The quantitative estimate of drug-likeness (QED) is 0.637. The van der Waals surface area contributed by atoms with Crippen LogP contribution in [0.1, 0.15) is 39.7 Å². The van der Waals surface area contributed by atoms with Gasteiger partial charge < -0.3 is 4.74 Å². The van der Waals surface area contributed by atoms with Crippen molar-refractivity contribution in [1.82, 2.24) is 14.8 Å². The van der Waals surface area contributed by atoms with Crippen LogP contribution in [0.5, 0.6) is 0 Å². The van der Waals surface area contributed by atoms with Gasteiger partial charge in [0.15, 0.2) is 11.5 Å². The van der Waals surface area contributed by atoms with Crippen LogP contribution in [0, 0.1) is 0 Å².